The standard InChI is InChI=1S/C12H18O3/c1-6-9-7-12(9,8(2)13)10(14)15-11(3,4)5/h6,9H,1,7H2,2-5H3. The molecule has 0 saturated heterocycles. The van der Waals surface area contributed by atoms with Crippen LogP contribution >= 0.6 is 0 Å². The summed E-state index contributed by atoms with van der Waals surface area (Å²) in [7, 11) is 0. The smallest absolute Gasteiger partial charge is 0.320 e. The van der Waals surface area contributed by atoms with Crippen molar-refractivity contribution < 1.29 is 14.3 Å². The summed E-state index contributed by atoms with van der Waals surface area (Å²) in [6.45, 7) is 10.4. The first-order valence-electron chi connectivity index (χ1n) is 5.11. The van der Waals surface area contributed by atoms with Gasteiger partial charge in [-0.1, -0.05) is 6.08 Å². The van der Waals surface area contributed by atoms with Gasteiger partial charge < -0.3 is 4.74 Å². The average Bonchev–Trinajstić information content (AvgIpc) is 2.75. The highest BCUT2D eigenvalue weighted by Gasteiger charge is 2.64. The first-order chi connectivity index (χ1) is 6.74. The number of rotatable bonds is 3. The Kier molecular flexibility index (Phi) is 2.77. The molecule has 2 unspecified atom stereocenters. The van der Waals surface area contributed by atoms with Crippen molar-refractivity contribution in [3.05, 3.63) is 12.7 Å². The van der Waals surface area contributed by atoms with Crippen LogP contribution in [0.5, 0.6) is 0 Å². The van der Waals surface area contributed by atoms with E-state index in [0.717, 1.165) is 0 Å². The summed E-state index contributed by atoms with van der Waals surface area (Å²) in [5.74, 6) is -0.584. The van der Waals surface area contributed by atoms with Gasteiger partial charge in [-0.3, -0.25) is 9.59 Å². The van der Waals surface area contributed by atoms with Gasteiger partial charge in [-0.05, 0) is 34.1 Å². The maximum Gasteiger partial charge on any atom is 0.320 e. The number of allylic oxidation sites excluding steroid dienone is 1. The van der Waals surface area contributed by atoms with Crippen LogP contribution in [0, 0.1) is 11.3 Å². The second-order valence-corrected chi connectivity index (χ2v) is 5.08. The minimum absolute atomic E-state index is 0.0511. The Morgan fingerprint density at radius 3 is 2.27 bits per heavy atom. The molecule has 0 aromatic rings. The maximum atomic E-state index is 11.9. The van der Waals surface area contributed by atoms with Crippen molar-refractivity contribution in [3.63, 3.8) is 0 Å². The summed E-state index contributed by atoms with van der Waals surface area (Å²) < 4.78 is 5.25. The Morgan fingerprint density at radius 1 is 1.47 bits per heavy atom. The molecule has 0 bridgehead atoms. The number of esters is 1. The van der Waals surface area contributed by atoms with Crippen LogP contribution in [0.25, 0.3) is 0 Å². The Hall–Kier alpha value is -1.12. The number of ketones is 1. The van der Waals surface area contributed by atoms with E-state index in [-0.39, 0.29) is 11.7 Å². The molecule has 2 atom stereocenters. The van der Waals surface area contributed by atoms with Crippen molar-refractivity contribution >= 4 is 11.8 Å². The van der Waals surface area contributed by atoms with Crippen LogP contribution in [0.4, 0.5) is 0 Å². The maximum absolute atomic E-state index is 11.9. The SMILES string of the molecule is C=CC1CC1(C(C)=O)C(=O)OC(C)(C)C. The molecule has 0 aliphatic heterocycles. The minimum atomic E-state index is -0.935. The summed E-state index contributed by atoms with van der Waals surface area (Å²) >= 11 is 0. The molecular formula is C12H18O3. The Labute approximate surface area is 90.5 Å². The van der Waals surface area contributed by atoms with Crippen LogP contribution in [0.2, 0.25) is 0 Å². The van der Waals surface area contributed by atoms with Gasteiger partial charge >= 0.3 is 5.97 Å². The molecule has 0 spiro atoms. The Bertz CT molecular complexity index is 311. The van der Waals surface area contributed by atoms with E-state index in [0.29, 0.717) is 6.42 Å². The molecule has 1 fully saturated rings. The lowest BCUT2D eigenvalue weighted by atomic mass is 9.98. The molecule has 0 amide bonds. The second-order valence-electron chi connectivity index (χ2n) is 5.08. The quantitative estimate of drug-likeness (QED) is 0.407. The van der Waals surface area contributed by atoms with Crippen molar-refractivity contribution in [2.24, 2.45) is 11.3 Å². The van der Waals surface area contributed by atoms with Crippen molar-refractivity contribution in [2.45, 2.75) is 39.7 Å². The number of hydrogen-bond acceptors (Lipinski definition) is 3. The van der Waals surface area contributed by atoms with E-state index < -0.39 is 17.0 Å². The van der Waals surface area contributed by atoms with Crippen LogP contribution in [0.3, 0.4) is 0 Å². The third-order valence-corrected chi connectivity index (χ3v) is 2.69. The average molecular weight is 210 g/mol. The topological polar surface area (TPSA) is 43.4 Å². The third kappa shape index (κ3) is 2.11. The van der Waals surface area contributed by atoms with Gasteiger partial charge in [0.25, 0.3) is 0 Å². The van der Waals surface area contributed by atoms with Crippen molar-refractivity contribution in [1.29, 1.82) is 0 Å². The van der Waals surface area contributed by atoms with E-state index in [2.05, 4.69) is 6.58 Å². The Balaban J connectivity index is 2.82. The highest BCUT2D eigenvalue weighted by molar-refractivity contribution is 6.06. The van der Waals surface area contributed by atoms with Crippen LogP contribution in [-0.2, 0) is 14.3 Å². The molecule has 1 rings (SSSR count). The summed E-state index contributed by atoms with van der Waals surface area (Å²) in [4.78, 5) is 23.3. The van der Waals surface area contributed by atoms with Gasteiger partial charge in [0, 0.05) is 5.92 Å². The second kappa shape index (κ2) is 3.47. The van der Waals surface area contributed by atoms with Crippen LogP contribution in [-0.4, -0.2) is 17.4 Å². The van der Waals surface area contributed by atoms with E-state index in [4.69, 9.17) is 4.74 Å². The summed E-state index contributed by atoms with van der Waals surface area (Å²) in [5, 5.41) is 0. The molecule has 3 heteroatoms. The molecular weight excluding hydrogens is 192 g/mol. The van der Waals surface area contributed by atoms with Gasteiger partial charge in [-0.2, -0.15) is 0 Å². The molecule has 0 radical (unpaired) electrons. The van der Waals surface area contributed by atoms with Gasteiger partial charge in [-0.25, -0.2) is 0 Å². The minimum Gasteiger partial charge on any atom is -0.459 e. The molecule has 84 valence electrons. The third-order valence-electron chi connectivity index (χ3n) is 2.69. The number of hydrogen-bond donors (Lipinski definition) is 0. The van der Waals surface area contributed by atoms with Gasteiger partial charge in [0.05, 0.1) is 0 Å². The molecule has 15 heavy (non-hydrogen) atoms. The summed E-state index contributed by atoms with van der Waals surface area (Å²) in [6.07, 6.45) is 2.20. The predicted octanol–water partition coefficient (Wildman–Crippen LogP) is 2.11. The zero-order chi connectivity index (χ0) is 11.9. The lowest BCUT2D eigenvalue weighted by Gasteiger charge is -2.23. The molecule has 0 N–H and O–H groups in total. The van der Waals surface area contributed by atoms with Gasteiger partial charge in [0.1, 0.15) is 16.8 Å². The van der Waals surface area contributed by atoms with Gasteiger partial charge in [0.2, 0.25) is 0 Å². The van der Waals surface area contributed by atoms with Gasteiger partial charge in [-0.15, -0.1) is 6.58 Å². The molecule has 3 nitrogen and oxygen atoms in total. The first kappa shape index (κ1) is 12.0. The largest absolute Gasteiger partial charge is 0.459 e. The predicted molar refractivity (Wildman–Crippen MR) is 57.3 cm³/mol. The van der Waals surface area contributed by atoms with Crippen molar-refractivity contribution in [2.75, 3.05) is 0 Å². The summed E-state index contributed by atoms with van der Waals surface area (Å²) in [5.41, 5.74) is -1.48. The highest BCUT2D eigenvalue weighted by atomic mass is 16.6. The van der Waals surface area contributed by atoms with E-state index >= 15 is 0 Å². The van der Waals surface area contributed by atoms with E-state index in [1.54, 1.807) is 26.8 Å². The lowest BCUT2D eigenvalue weighted by molar-refractivity contribution is -0.164. The molecule has 0 heterocycles. The number of ether oxygens (including phenoxy) is 1. The monoisotopic (exact) mass is 210 g/mol. The van der Waals surface area contributed by atoms with E-state index in [1.165, 1.54) is 6.92 Å². The first-order valence-corrected chi connectivity index (χ1v) is 5.11. The van der Waals surface area contributed by atoms with Crippen molar-refractivity contribution in [1.82, 2.24) is 0 Å². The van der Waals surface area contributed by atoms with Crippen LogP contribution in [0.1, 0.15) is 34.1 Å². The Morgan fingerprint density at radius 2 is 2.00 bits per heavy atom. The number of carbonyl (C=O) groups excluding carboxylic acids is 2. The number of Topliss-reactive ketones (excluding diaryl/α,β-unsaturated/α-hetero) is 1. The zero-order valence-corrected chi connectivity index (χ0v) is 9.79. The molecule has 1 aliphatic carbocycles. The highest BCUT2D eigenvalue weighted by Crippen LogP contribution is 2.55. The van der Waals surface area contributed by atoms with Crippen molar-refractivity contribution in [3.8, 4) is 0 Å². The molecule has 0 aromatic heterocycles. The van der Waals surface area contributed by atoms with E-state index in [1.807, 2.05) is 0 Å². The van der Waals surface area contributed by atoms with Gasteiger partial charge in [0.15, 0.2) is 0 Å². The molecule has 1 saturated carbocycles. The normalized spacial score (nSPS) is 29.5. The van der Waals surface area contributed by atoms with Crippen LogP contribution in [0.15, 0.2) is 12.7 Å². The summed E-state index contributed by atoms with van der Waals surface area (Å²) in [6, 6.07) is 0. The molecule has 1 aliphatic rings. The van der Waals surface area contributed by atoms with Crippen LogP contribution < -0.4 is 0 Å². The lowest BCUT2D eigenvalue weighted by Crippen LogP contribution is -2.34. The number of carbonyl (C=O) groups is 2. The zero-order valence-electron chi connectivity index (χ0n) is 9.79. The fraction of sp³-hybridized carbons (Fsp3) is 0.667. The van der Waals surface area contributed by atoms with E-state index in [9.17, 15) is 9.59 Å². The fourth-order valence-electron chi connectivity index (χ4n) is 1.72. The molecule has 0 aromatic carbocycles. The fourth-order valence-corrected chi connectivity index (χ4v) is 1.72.